The van der Waals surface area contributed by atoms with Gasteiger partial charge >= 0.3 is 0 Å². The number of aryl methyl sites for hydroxylation is 2. The molecular formula is C14H18BrN3. The molecule has 0 spiro atoms. The van der Waals surface area contributed by atoms with Crippen LogP contribution in [0.2, 0.25) is 0 Å². The van der Waals surface area contributed by atoms with E-state index in [1.165, 1.54) is 11.3 Å². The van der Waals surface area contributed by atoms with Crippen LogP contribution in [0.25, 0.3) is 0 Å². The number of hydrogen-bond donors (Lipinski definition) is 1. The molecule has 1 N–H and O–H groups in total. The van der Waals surface area contributed by atoms with Crippen molar-refractivity contribution in [3.63, 3.8) is 0 Å². The minimum absolute atomic E-state index is 0.838. The van der Waals surface area contributed by atoms with Crippen LogP contribution in [-0.2, 0) is 20.0 Å². The quantitative estimate of drug-likeness (QED) is 0.861. The highest BCUT2D eigenvalue weighted by molar-refractivity contribution is 9.10. The van der Waals surface area contributed by atoms with Crippen LogP contribution in [0.5, 0.6) is 0 Å². The minimum Gasteiger partial charge on any atom is -0.311 e. The maximum Gasteiger partial charge on any atom is 0.0739 e. The zero-order chi connectivity index (χ0) is 13.0. The van der Waals surface area contributed by atoms with Crippen LogP contribution in [-0.4, -0.2) is 16.3 Å². The molecule has 0 radical (unpaired) electrons. The Bertz CT molecular complexity index is 505. The van der Waals surface area contributed by atoms with Gasteiger partial charge in [-0.3, -0.25) is 4.68 Å². The summed E-state index contributed by atoms with van der Waals surface area (Å²) in [6, 6.07) is 10.5. The summed E-state index contributed by atoms with van der Waals surface area (Å²) in [5, 5.41) is 7.83. The van der Waals surface area contributed by atoms with Crippen molar-refractivity contribution in [3.8, 4) is 0 Å². The first-order valence-corrected chi connectivity index (χ1v) is 6.90. The summed E-state index contributed by atoms with van der Waals surface area (Å²) in [7, 11) is 1.98. The van der Waals surface area contributed by atoms with Crippen molar-refractivity contribution in [1.29, 1.82) is 0 Å². The molecule has 96 valence electrons. The van der Waals surface area contributed by atoms with Crippen LogP contribution in [0.1, 0.15) is 17.0 Å². The third-order valence-electron chi connectivity index (χ3n) is 2.99. The Hall–Kier alpha value is -1.13. The lowest BCUT2D eigenvalue weighted by atomic mass is 10.1. The largest absolute Gasteiger partial charge is 0.311 e. The zero-order valence-corrected chi connectivity index (χ0v) is 12.4. The van der Waals surface area contributed by atoms with Crippen molar-refractivity contribution < 1.29 is 0 Å². The Labute approximate surface area is 116 Å². The Kier molecular flexibility index (Phi) is 4.55. The van der Waals surface area contributed by atoms with E-state index >= 15 is 0 Å². The standard InChI is InChI=1S/C14H18BrN3/c1-11-14(15)13(18(2)17-11)10-16-9-8-12-6-4-3-5-7-12/h3-7,16H,8-10H2,1-2H3. The van der Waals surface area contributed by atoms with Crippen LogP contribution in [0, 0.1) is 6.92 Å². The summed E-state index contributed by atoms with van der Waals surface area (Å²) in [6.45, 7) is 3.82. The minimum atomic E-state index is 0.838. The van der Waals surface area contributed by atoms with E-state index in [0.29, 0.717) is 0 Å². The smallest absolute Gasteiger partial charge is 0.0739 e. The predicted octanol–water partition coefficient (Wildman–Crippen LogP) is 2.82. The second-order valence-electron chi connectivity index (χ2n) is 4.38. The molecule has 0 atom stereocenters. The molecule has 2 rings (SSSR count). The lowest BCUT2D eigenvalue weighted by Crippen LogP contribution is -2.18. The molecule has 4 heteroatoms. The van der Waals surface area contributed by atoms with Crippen molar-refractivity contribution in [3.05, 3.63) is 51.8 Å². The summed E-state index contributed by atoms with van der Waals surface area (Å²) in [6.07, 6.45) is 1.05. The van der Waals surface area contributed by atoms with Gasteiger partial charge in [0.15, 0.2) is 0 Å². The molecule has 18 heavy (non-hydrogen) atoms. The van der Waals surface area contributed by atoms with Gasteiger partial charge in [0.25, 0.3) is 0 Å². The summed E-state index contributed by atoms with van der Waals surface area (Å²) in [4.78, 5) is 0. The Morgan fingerprint density at radius 3 is 2.61 bits per heavy atom. The van der Waals surface area contributed by atoms with Crippen molar-refractivity contribution in [2.75, 3.05) is 6.54 Å². The SMILES string of the molecule is Cc1nn(C)c(CNCCc2ccccc2)c1Br. The van der Waals surface area contributed by atoms with Gasteiger partial charge in [-0.1, -0.05) is 30.3 Å². The zero-order valence-electron chi connectivity index (χ0n) is 10.8. The fourth-order valence-electron chi connectivity index (χ4n) is 1.96. The van der Waals surface area contributed by atoms with E-state index in [-0.39, 0.29) is 0 Å². The van der Waals surface area contributed by atoms with E-state index in [0.717, 1.165) is 29.7 Å². The molecule has 2 aromatic rings. The number of nitrogens with one attached hydrogen (secondary N) is 1. The van der Waals surface area contributed by atoms with Crippen LogP contribution in [0.15, 0.2) is 34.8 Å². The molecule has 1 aromatic carbocycles. The first-order chi connectivity index (χ1) is 8.68. The van der Waals surface area contributed by atoms with Crippen molar-refractivity contribution >= 4 is 15.9 Å². The number of halogens is 1. The van der Waals surface area contributed by atoms with Crippen LogP contribution < -0.4 is 5.32 Å². The van der Waals surface area contributed by atoms with Gasteiger partial charge in [0.05, 0.1) is 15.9 Å². The number of aromatic nitrogens is 2. The third-order valence-corrected chi connectivity index (χ3v) is 4.02. The van der Waals surface area contributed by atoms with E-state index in [9.17, 15) is 0 Å². The van der Waals surface area contributed by atoms with Gasteiger partial charge in [-0.25, -0.2) is 0 Å². The highest BCUT2D eigenvalue weighted by Crippen LogP contribution is 2.19. The average Bonchev–Trinajstić information content (AvgIpc) is 2.61. The Morgan fingerprint density at radius 1 is 1.28 bits per heavy atom. The molecule has 0 bridgehead atoms. The molecule has 0 unspecified atom stereocenters. The summed E-state index contributed by atoms with van der Waals surface area (Å²) in [5.41, 5.74) is 3.60. The van der Waals surface area contributed by atoms with Gasteiger partial charge in [-0.05, 0) is 41.4 Å². The van der Waals surface area contributed by atoms with Gasteiger partial charge in [0, 0.05) is 13.6 Å². The lowest BCUT2D eigenvalue weighted by Gasteiger charge is -2.06. The molecule has 3 nitrogen and oxygen atoms in total. The number of rotatable bonds is 5. The number of benzene rings is 1. The van der Waals surface area contributed by atoms with Crippen molar-refractivity contribution in [2.24, 2.45) is 7.05 Å². The summed E-state index contributed by atoms with van der Waals surface area (Å²) in [5.74, 6) is 0. The second-order valence-corrected chi connectivity index (χ2v) is 5.18. The van der Waals surface area contributed by atoms with Crippen molar-refractivity contribution in [1.82, 2.24) is 15.1 Å². The number of hydrogen-bond acceptors (Lipinski definition) is 2. The fraction of sp³-hybridized carbons (Fsp3) is 0.357. The number of nitrogens with zero attached hydrogens (tertiary/aromatic N) is 2. The lowest BCUT2D eigenvalue weighted by molar-refractivity contribution is 0.623. The van der Waals surface area contributed by atoms with Crippen molar-refractivity contribution in [2.45, 2.75) is 19.9 Å². The predicted molar refractivity (Wildman–Crippen MR) is 77.5 cm³/mol. The van der Waals surface area contributed by atoms with E-state index in [1.54, 1.807) is 0 Å². The molecule has 0 aliphatic heterocycles. The van der Waals surface area contributed by atoms with Crippen LogP contribution in [0.3, 0.4) is 0 Å². The van der Waals surface area contributed by atoms with E-state index in [2.05, 4.69) is 50.6 Å². The average molecular weight is 308 g/mol. The molecule has 0 saturated heterocycles. The van der Waals surface area contributed by atoms with Crippen LogP contribution >= 0.6 is 15.9 Å². The first kappa shape index (κ1) is 13.3. The molecule has 0 amide bonds. The molecule has 1 heterocycles. The first-order valence-electron chi connectivity index (χ1n) is 6.11. The molecule has 0 fully saturated rings. The normalized spacial score (nSPS) is 10.8. The summed E-state index contributed by atoms with van der Waals surface area (Å²) >= 11 is 3.57. The molecule has 0 saturated carbocycles. The third kappa shape index (κ3) is 3.21. The summed E-state index contributed by atoms with van der Waals surface area (Å²) < 4.78 is 3.03. The van der Waals surface area contributed by atoms with E-state index < -0.39 is 0 Å². The fourth-order valence-corrected chi connectivity index (χ4v) is 2.43. The highest BCUT2D eigenvalue weighted by atomic mass is 79.9. The molecule has 1 aromatic heterocycles. The topological polar surface area (TPSA) is 29.9 Å². The maximum atomic E-state index is 4.38. The van der Waals surface area contributed by atoms with Gasteiger partial charge < -0.3 is 5.32 Å². The molecule has 0 aliphatic rings. The van der Waals surface area contributed by atoms with Crippen LogP contribution in [0.4, 0.5) is 0 Å². The van der Waals surface area contributed by atoms with Gasteiger partial charge in [-0.15, -0.1) is 0 Å². The second kappa shape index (κ2) is 6.16. The van der Waals surface area contributed by atoms with Gasteiger partial charge in [0.1, 0.15) is 0 Å². The molecule has 0 aliphatic carbocycles. The van der Waals surface area contributed by atoms with E-state index in [1.807, 2.05) is 24.7 Å². The molecular weight excluding hydrogens is 290 g/mol. The Morgan fingerprint density at radius 2 is 2.00 bits per heavy atom. The Balaban J connectivity index is 1.82. The maximum absolute atomic E-state index is 4.38. The van der Waals surface area contributed by atoms with Gasteiger partial charge in [-0.2, -0.15) is 5.10 Å². The highest BCUT2D eigenvalue weighted by Gasteiger charge is 2.09. The monoisotopic (exact) mass is 307 g/mol. The van der Waals surface area contributed by atoms with E-state index in [4.69, 9.17) is 0 Å². The van der Waals surface area contributed by atoms with Gasteiger partial charge in [0.2, 0.25) is 0 Å².